The maximum absolute atomic E-state index is 6.70. The van der Waals surface area contributed by atoms with E-state index >= 15 is 0 Å². The third-order valence-electron chi connectivity index (χ3n) is 10.0. The lowest BCUT2D eigenvalue weighted by Crippen LogP contribution is -2.01. The minimum atomic E-state index is 0.537. The molecule has 8 nitrogen and oxygen atoms in total. The molecule has 270 valence electrons. The van der Waals surface area contributed by atoms with Crippen molar-refractivity contribution in [2.75, 3.05) is 0 Å². The van der Waals surface area contributed by atoms with E-state index < -0.39 is 0 Å². The highest BCUT2D eigenvalue weighted by atomic mass is 16.5. The summed E-state index contributed by atoms with van der Waals surface area (Å²) in [6, 6.07) is 47.1. The van der Waals surface area contributed by atoms with E-state index in [1.165, 1.54) is 5.56 Å². The molecule has 0 bridgehead atoms. The van der Waals surface area contributed by atoms with Crippen LogP contribution in [0.1, 0.15) is 19.4 Å². The van der Waals surface area contributed by atoms with Gasteiger partial charge in [-0.2, -0.15) is 0 Å². The lowest BCUT2D eigenvalue weighted by molar-refractivity contribution is 0.461. The first-order chi connectivity index (χ1) is 27.6. The van der Waals surface area contributed by atoms with Crippen LogP contribution in [0.25, 0.3) is 66.6 Å². The number of pyridine rings is 2. The van der Waals surface area contributed by atoms with Gasteiger partial charge in [0.25, 0.3) is 0 Å². The molecule has 0 unspecified atom stereocenters. The number of rotatable bonds is 9. The number of aromatic nitrogens is 6. The van der Waals surface area contributed by atoms with Crippen LogP contribution < -0.4 is 9.47 Å². The van der Waals surface area contributed by atoms with E-state index in [1.807, 2.05) is 60.9 Å². The Kier molecular flexibility index (Phi) is 8.21. The fraction of sp³-hybridized carbons (Fsp3) is 0.0833. The highest BCUT2D eigenvalue weighted by Crippen LogP contribution is 2.39. The quantitative estimate of drug-likeness (QED) is 0.147. The van der Waals surface area contributed by atoms with E-state index in [2.05, 4.69) is 123 Å². The molecule has 56 heavy (non-hydrogen) atoms. The highest BCUT2D eigenvalue weighted by Gasteiger charge is 2.17. The van der Waals surface area contributed by atoms with Crippen molar-refractivity contribution in [1.82, 2.24) is 29.1 Å². The van der Waals surface area contributed by atoms with Crippen LogP contribution in [0.5, 0.6) is 23.0 Å². The molecule has 0 atom stereocenters. The number of hydrogen-bond acceptors (Lipinski definition) is 6. The summed E-state index contributed by atoms with van der Waals surface area (Å²) < 4.78 is 17.8. The Morgan fingerprint density at radius 3 is 1.61 bits per heavy atom. The molecule has 5 heterocycles. The Labute approximate surface area is 323 Å². The van der Waals surface area contributed by atoms with Gasteiger partial charge >= 0.3 is 0 Å². The summed E-state index contributed by atoms with van der Waals surface area (Å²) in [5.74, 6) is 5.35. The average Bonchev–Trinajstić information content (AvgIpc) is 3.73. The maximum Gasteiger partial charge on any atom is 0.159 e. The van der Waals surface area contributed by atoms with Crippen LogP contribution in [-0.2, 0) is 6.42 Å². The van der Waals surface area contributed by atoms with Crippen molar-refractivity contribution >= 4 is 43.6 Å². The zero-order chi connectivity index (χ0) is 37.6. The highest BCUT2D eigenvalue weighted by molar-refractivity contribution is 6.10. The van der Waals surface area contributed by atoms with Crippen molar-refractivity contribution in [3.05, 3.63) is 170 Å². The predicted molar refractivity (Wildman–Crippen MR) is 223 cm³/mol. The van der Waals surface area contributed by atoms with E-state index in [9.17, 15) is 0 Å². The monoisotopic (exact) mass is 728 g/mol. The molecule has 5 aromatic heterocycles. The first-order valence-corrected chi connectivity index (χ1v) is 18.8. The molecule has 0 aliphatic rings. The van der Waals surface area contributed by atoms with Crippen molar-refractivity contribution in [2.24, 2.45) is 5.92 Å². The van der Waals surface area contributed by atoms with Crippen LogP contribution in [0, 0.1) is 5.92 Å². The van der Waals surface area contributed by atoms with Crippen molar-refractivity contribution in [1.29, 1.82) is 0 Å². The molecule has 0 aliphatic heterocycles. The van der Waals surface area contributed by atoms with Gasteiger partial charge in [0.1, 0.15) is 34.6 Å². The zero-order valence-electron chi connectivity index (χ0n) is 30.9. The fourth-order valence-corrected chi connectivity index (χ4v) is 7.73. The standard InChI is InChI=1S/C48H36N6O2/c1-31(2)24-32-19-23-50-47(25-32)54-43-13-6-4-11-39(43)41-18-16-35(30-45(41)54)56-37-27-33(48-51-21-9-22-52-48)26-36(28-37)55-34-15-17-40-38-10-3-5-12-42(38)53(44(40)29-34)46-14-7-8-20-49-46/h3-23,25-31H,24H2,1-2H3. The molecule has 0 spiro atoms. The molecule has 0 saturated heterocycles. The van der Waals surface area contributed by atoms with Crippen molar-refractivity contribution in [3.8, 4) is 46.0 Å². The lowest BCUT2D eigenvalue weighted by Gasteiger charge is -2.13. The predicted octanol–water partition coefficient (Wildman–Crippen LogP) is 11.9. The second-order valence-corrected chi connectivity index (χ2v) is 14.3. The molecule has 0 radical (unpaired) electrons. The largest absolute Gasteiger partial charge is 0.457 e. The first-order valence-electron chi connectivity index (χ1n) is 18.8. The number of ether oxygens (including phenoxy) is 2. The van der Waals surface area contributed by atoms with Gasteiger partial charge in [0.2, 0.25) is 0 Å². The van der Waals surface area contributed by atoms with Gasteiger partial charge in [0, 0.05) is 70.1 Å². The second kappa shape index (κ2) is 13.8. The van der Waals surface area contributed by atoms with Gasteiger partial charge in [0.15, 0.2) is 5.82 Å². The van der Waals surface area contributed by atoms with Crippen LogP contribution in [-0.4, -0.2) is 29.1 Å². The molecule has 8 heteroatoms. The number of para-hydroxylation sites is 2. The number of nitrogens with zero attached hydrogens (tertiary/aromatic N) is 6. The van der Waals surface area contributed by atoms with Gasteiger partial charge in [-0.05, 0) is 96.8 Å². The van der Waals surface area contributed by atoms with Crippen molar-refractivity contribution in [2.45, 2.75) is 20.3 Å². The molecular weight excluding hydrogens is 693 g/mol. The van der Waals surface area contributed by atoms with Gasteiger partial charge in [-0.3, -0.25) is 9.13 Å². The lowest BCUT2D eigenvalue weighted by atomic mass is 10.0. The molecule has 0 amide bonds. The Morgan fingerprint density at radius 1 is 0.446 bits per heavy atom. The second-order valence-electron chi connectivity index (χ2n) is 14.3. The van der Waals surface area contributed by atoms with Gasteiger partial charge in [-0.1, -0.05) is 56.3 Å². The Morgan fingerprint density at radius 2 is 1.00 bits per heavy atom. The van der Waals surface area contributed by atoms with E-state index in [-0.39, 0.29) is 0 Å². The van der Waals surface area contributed by atoms with Gasteiger partial charge in [-0.15, -0.1) is 0 Å². The number of fused-ring (bicyclic) bond motifs is 6. The summed E-state index contributed by atoms with van der Waals surface area (Å²) >= 11 is 0. The fourth-order valence-electron chi connectivity index (χ4n) is 7.73. The first kappa shape index (κ1) is 33.3. The van der Waals surface area contributed by atoms with Crippen molar-refractivity contribution in [3.63, 3.8) is 0 Å². The third-order valence-corrected chi connectivity index (χ3v) is 10.0. The van der Waals surface area contributed by atoms with Crippen LogP contribution >= 0.6 is 0 Å². The van der Waals surface area contributed by atoms with Crippen LogP contribution in [0.15, 0.2) is 164 Å². The zero-order valence-corrected chi connectivity index (χ0v) is 30.9. The van der Waals surface area contributed by atoms with Gasteiger partial charge in [-0.25, -0.2) is 19.9 Å². The third kappa shape index (κ3) is 6.07. The van der Waals surface area contributed by atoms with Crippen molar-refractivity contribution < 1.29 is 9.47 Å². The van der Waals surface area contributed by atoms with Gasteiger partial charge in [0.05, 0.1) is 22.1 Å². The summed E-state index contributed by atoms with van der Waals surface area (Å²) in [6.07, 6.45) is 8.17. The molecule has 0 aliphatic carbocycles. The molecule has 10 rings (SSSR count). The number of benzene rings is 5. The molecule has 0 N–H and O–H groups in total. The number of hydrogen-bond donors (Lipinski definition) is 0. The van der Waals surface area contributed by atoms with Crippen LogP contribution in [0.3, 0.4) is 0 Å². The van der Waals surface area contributed by atoms with E-state index in [1.54, 1.807) is 18.5 Å². The van der Waals surface area contributed by atoms with E-state index in [0.717, 1.165) is 67.2 Å². The van der Waals surface area contributed by atoms with E-state index in [0.29, 0.717) is 34.7 Å². The minimum Gasteiger partial charge on any atom is -0.457 e. The Bertz CT molecular complexity index is 3040. The Balaban J connectivity index is 1.06. The normalized spacial score (nSPS) is 11.6. The SMILES string of the molecule is CC(C)Cc1ccnc(-n2c3ccccc3c3ccc(Oc4cc(Oc5ccc6c7ccccc7n(-c7ccccn7)c6c5)cc(-c5ncccn5)c4)cc32)c1. The summed E-state index contributed by atoms with van der Waals surface area (Å²) in [5, 5.41) is 4.54. The summed E-state index contributed by atoms with van der Waals surface area (Å²) in [5.41, 5.74) is 6.19. The van der Waals surface area contributed by atoms with Gasteiger partial charge < -0.3 is 9.47 Å². The molecular formula is C48H36N6O2. The van der Waals surface area contributed by atoms with E-state index in [4.69, 9.17) is 14.5 Å². The average molecular weight is 729 g/mol. The molecule has 10 aromatic rings. The summed E-state index contributed by atoms with van der Waals surface area (Å²) in [4.78, 5) is 18.6. The molecule has 0 saturated carbocycles. The smallest absolute Gasteiger partial charge is 0.159 e. The van der Waals surface area contributed by atoms with Crippen LogP contribution in [0.2, 0.25) is 0 Å². The topological polar surface area (TPSA) is 79.9 Å². The van der Waals surface area contributed by atoms with Crippen LogP contribution in [0.4, 0.5) is 0 Å². The molecule has 5 aromatic carbocycles. The Hall–Kier alpha value is -7.32. The molecule has 0 fully saturated rings. The minimum absolute atomic E-state index is 0.537. The summed E-state index contributed by atoms with van der Waals surface area (Å²) in [6.45, 7) is 4.48. The maximum atomic E-state index is 6.70. The summed E-state index contributed by atoms with van der Waals surface area (Å²) in [7, 11) is 0.